The summed E-state index contributed by atoms with van der Waals surface area (Å²) >= 11 is 7.19. The van der Waals surface area contributed by atoms with Gasteiger partial charge in [0, 0.05) is 22.1 Å². The van der Waals surface area contributed by atoms with Crippen molar-refractivity contribution in [2.75, 3.05) is 0 Å². The highest BCUT2D eigenvalue weighted by atomic mass is 35.5. The van der Waals surface area contributed by atoms with Gasteiger partial charge in [-0.3, -0.25) is 10.1 Å². The fourth-order valence-electron chi connectivity index (χ4n) is 1.72. The van der Waals surface area contributed by atoms with Crippen LogP contribution in [0.15, 0.2) is 63.7 Å². The van der Waals surface area contributed by atoms with Crippen LogP contribution in [0.5, 0.6) is 0 Å². The van der Waals surface area contributed by atoms with Crippen molar-refractivity contribution in [3.05, 3.63) is 69.2 Å². The maximum Gasteiger partial charge on any atom is 0.269 e. The number of nitro groups is 1. The summed E-state index contributed by atoms with van der Waals surface area (Å²) in [5.74, 6) is 0. The molecule has 0 saturated carbocycles. The summed E-state index contributed by atoms with van der Waals surface area (Å²) in [6.45, 7) is 0. The van der Waals surface area contributed by atoms with Crippen LogP contribution < -0.4 is 0 Å². The third kappa shape index (κ3) is 3.94. The molecule has 120 valence electrons. The van der Waals surface area contributed by atoms with Gasteiger partial charge in [0.05, 0.1) is 11.1 Å². The molecule has 0 amide bonds. The van der Waals surface area contributed by atoms with E-state index in [-0.39, 0.29) is 5.69 Å². The van der Waals surface area contributed by atoms with Crippen LogP contribution in [0.2, 0.25) is 5.02 Å². The summed E-state index contributed by atoms with van der Waals surface area (Å²) in [6, 6.07) is 13.3. The van der Waals surface area contributed by atoms with Crippen LogP contribution in [0, 0.1) is 10.1 Å². The summed E-state index contributed by atoms with van der Waals surface area (Å²) in [6.07, 6.45) is 1.52. The van der Waals surface area contributed by atoms with Crippen molar-refractivity contribution in [2.24, 2.45) is 5.10 Å². The van der Waals surface area contributed by atoms with Crippen molar-refractivity contribution in [1.82, 2.24) is 20.3 Å². The minimum absolute atomic E-state index is 0.0218. The Morgan fingerprint density at radius 2 is 1.88 bits per heavy atom. The van der Waals surface area contributed by atoms with Crippen LogP contribution in [0.3, 0.4) is 0 Å². The number of benzene rings is 2. The monoisotopic (exact) mass is 360 g/mol. The fourth-order valence-corrected chi connectivity index (χ4v) is 2.57. The lowest BCUT2D eigenvalue weighted by molar-refractivity contribution is -0.384. The van der Waals surface area contributed by atoms with E-state index in [1.165, 1.54) is 34.9 Å². The molecule has 0 spiro atoms. The molecule has 1 aromatic heterocycles. The molecule has 0 atom stereocenters. The molecule has 0 unspecified atom stereocenters. The number of nitro benzene ring substituents is 1. The molecule has 24 heavy (non-hydrogen) atoms. The quantitative estimate of drug-likeness (QED) is 0.393. The van der Waals surface area contributed by atoms with Crippen molar-refractivity contribution in [3.63, 3.8) is 0 Å². The fraction of sp³-hybridized carbons (Fsp3) is 0. The molecule has 1 heterocycles. The predicted octanol–water partition coefficient (Wildman–Crippen LogP) is 3.27. The molecule has 0 N–H and O–H groups in total. The van der Waals surface area contributed by atoms with Crippen molar-refractivity contribution in [3.8, 4) is 0 Å². The number of hydrogen-bond donors (Lipinski definition) is 0. The Labute approximate surface area is 145 Å². The van der Waals surface area contributed by atoms with E-state index in [1.54, 1.807) is 24.3 Å². The molecule has 0 aliphatic rings. The van der Waals surface area contributed by atoms with Crippen LogP contribution in [0.4, 0.5) is 5.69 Å². The minimum atomic E-state index is -0.455. The zero-order valence-corrected chi connectivity index (χ0v) is 13.6. The van der Waals surface area contributed by atoms with Crippen molar-refractivity contribution >= 4 is 35.3 Å². The second-order valence-corrected chi connectivity index (χ2v) is 5.98. The Balaban J connectivity index is 1.75. The van der Waals surface area contributed by atoms with Crippen molar-refractivity contribution < 1.29 is 4.92 Å². The summed E-state index contributed by atoms with van der Waals surface area (Å²) in [5.41, 5.74) is 0.715. The summed E-state index contributed by atoms with van der Waals surface area (Å²) in [5, 5.41) is 27.2. The summed E-state index contributed by atoms with van der Waals surface area (Å²) < 4.78 is 0. The van der Waals surface area contributed by atoms with E-state index in [9.17, 15) is 10.1 Å². The van der Waals surface area contributed by atoms with Gasteiger partial charge in [-0.2, -0.15) is 5.10 Å². The Kier molecular flexibility index (Phi) is 4.82. The molecule has 0 radical (unpaired) electrons. The first kappa shape index (κ1) is 16.1. The molecular formula is C14H9ClN6O2S. The Bertz CT molecular complexity index is 879. The van der Waals surface area contributed by atoms with Crippen LogP contribution in [-0.2, 0) is 0 Å². The van der Waals surface area contributed by atoms with E-state index >= 15 is 0 Å². The molecule has 0 bridgehead atoms. The minimum Gasteiger partial charge on any atom is -0.258 e. The molecule has 8 nitrogen and oxygen atoms in total. The van der Waals surface area contributed by atoms with Crippen LogP contribution in [0.1, 0.15) is 5.56 Å². The number of non-ortho nitro benzene ring substituents is 1. The predicted molar refractivity (Wildman–Crippen MR) is 89.5 cm³/mol. The zero-order chi connectivity index (χ0) is 16.9. The van der Waals surface area contributed by atoms with Crippen LogP contribution >= 0.6 is 23.4 Å². The lowest BCUT2D eigenvalue weighted by Crippen LogP contribution is -1.96. The zero-order valence-electron chi connectivity index (χ0n) is 12.0. The highest BCUT2D eigenvalue weighted by Gasteiger charge is 2.07. The lowest BCUT2D eigenvalue weighted by atomic mass is 10.2. The van der Waals surface area contributed by atoms with Crippen molar-refractivity contribution in [1.29, 1.82) is 0 Å². The molecule has 2 aromatic carbocycles. The van der Waals surface area contributed by atoms with Gasteiger partial charge in [0.15, 0.2) is 0 Å². The Morgan fingerprint density at radius 3 is 2.54 bits per heavy atom. The standard InChI is InChI=1S/C14H9ClN6O2S/c15-11-3-7-13(8-4-11)24-14-17-18-19-20(14)16-9-10-1-5-12(6-2-10)21(22)23/h1-9H/b16-9+. The largest absolute Gasteiger partial charge is 0.269 e. The molecule has 0 saturated heterocycles. The molecule has 3 rings (SSSR count). The lowest BCUT2D eigenvalue weighted by Gasteiger charge is -1.99. The van der Waals surface area contributed by atoms with Gasteiger partial charge in [-0.15, -0.1) is 4.79 Å². The van der Waals surface area contributed by atoms with Crippen LogP contribution in [-0.4, -0.2) is 31.5 Å². The van der Waals surface area contributed by atoms with E-state index in [0.29, 0.717) is 15.7 Å². The molecular weight excluding hydrogens is 352 g/mol. The average Bonchev–Trinajstić information content (AvgIpc) is 3.02. The highest BCUT2D eigenvalue weighted by molar-refractivity contribution is 7.99. The highest BCUT2D eigenvalue weighted by Crippen LogP contribution is 2.26. The number of hydrogen-bond acceptors (Lipinski definition) is 7. The first-order valence-electron chi connectivity index (χ1n) is 6.62. The number of halogens is 1. The number of nitrogens with zero attached hydrogens (tertiary/aromatic N) is 6. The van der Waals surface area contributed by atoms with E-state index in [0.717, 1.165) is 4.90 Å². The summed E-state index contributed by atoms with van der Waals surface area (Å²) in [4.78, 5) is 12.4. The van der Waals surface area contributed by atoms with E-state index in [1.807, 2.05) is 12.1 Å². The maximum atomic E-state index is 10.6. The van der Waals surface area contributed by atoms with Gasteiger partial charge in [0.25, 0.3) is 5.69 Å². The first-order chi connectivity index (χ1) is 11.6. The SMILES string of the molecule is O=[N+]([O-])c1ccc(/C=N/n2nnnc2Sc2ccc(Cl)cc2)cc1. The van der Waals surface area contributed by atoms with Gasteiger partial charge in [-0.1, -0.05) is 16.7 Å². The topological polar surface area (TPSA) is 99.1 Å². The third-order valence-corrected chi connectivity index (χ3v) is 4.06. The second kappa shape index (κ2) is 7.20. The number of tetrazole rings is 1. The van der Waals surface area contributed by atoms with E-state index in [4.69, 9.17) is 11.6 Å². The van der Waals surface area contributed by atoms with E-state index < -0.39 is 4.92 Å². The average molecular weight is 361 g/mol. The molecule has 3 aromatic rings. The van der Waals surface area contributed by atoms with Crippen LogP contribution in [0.25, 0.3) is 0 Å². The van der Waals surface area contributed by atoms with Gasteiger partial charge in [0.2, 0.25) is 5.16 Å². The molecule has 0 fully saturated rings. The normalized spacial score (nSPS) is 11.0. The van der Waals surface area contributed by atoms with Gasteiger partial charge >= 0.3 is 0 Å². The summed E-state index contributed by atoms with van der Waals surface area (Å²) in [7, 11) is 0. The number of rotatable bonds is 5. The number of aromatic nitrogens is 4. The van der Waals surface area contributed by atoms with E-state index in [2.05, 4.69) is 20.6 Å². The van der Waals surface area contributed by atoms with Gasteiger partial charge < -0.3 is 0 Å². The van der Waals surface area contributed by atoms with Gasteiger partial charge in [-0.05, 0) is 64.2 Å². The Morgan fingerprint density at radius 1 is 1.17 bits per heavy atom. The van der Waals surface area contributed by atoms with Gasteiger partial charge in [0.1, 0.15) is 0 Å². The first-order valence-corrected chi connectivity index (χ1v) is 7.82. The molecule has 0 aliphatic heterocycles. The Hall–Kier alpha value is -2.78. The van der Waals surface area contributed by atoms with Gasteiger partial charge in [-0.25, -0.2) is 0 Å². The third-order valence-electron chi connectivity index (χ3n) is 2.87. The second-order valence-electron chi connectivity index (χ2n) is 4.50. The smallest absolute Gasteiger partial charge is 0.258 e. The van der Waals surface area contributed by atoms with Crippen molar-refractivity contribution in [2.45, 2.75) is 10.1 Å². The molecule has 10 heteroatoms. The maximum absolute atomic E-state index is 10.6. The molecule has 0 aliphatic carbocycles.